The highest BCUT2D eigenvalue weighted by Crippen LogP contribution is 2.28. The van der Waals surface area contributed by atoms with Gasteiger partial charge in [0.1, 0.15) is 5.75 Å². The third-order valence-corrected chi connectivity index (χ3v) is 6.71. The number of fused-ring (bicyclic) bond motifs is 1. The normalized spacial score (nSPS) is 11.7. The van der Waals surface area contributed by atoms with Gasteiger partial charge < -0.3 is 10.1 Å². The van der Waals surface area contributed by atoms with E-state index in [9.17, 15) is 13.2 Å². The lowest BCUT2D eigenvalue weighted by Gasteiger charge is -2.17. The molecule has 0 unspecified atom stereocenters. The predicted octanol–water partition coefficient (Wildman–Crippen LogP) is 3.22. The summed E-state index contributed by atoms with van der Waals surface area (Å²) >= 11 is 7.36. The van der Waals surface area contributed by atoms with Crippen LogP contribution in [-0.4, -0.2) is 43.7 Å². The molecule has 1 heterocycles. The van der Waals surface area contributed by atoms with Gasteiger partial charge in [0.05, 0.1) is 28.3 Å². The third kappa shape index (κ3) is 4.22. The zero-order valence-electron chi connectivity index (χ0n) is 14.5. The molecule has 7 nitrogen and oxygen atoms in total. The molecule has 0 aliphatic rings. The van der Waals surface area contributed by atoms with Gasteiger partial charge in [-0.2, -0.15) is 8.68 Å². The number of carbonyl (C=O) groups excluding carboxylic acids is 1. The van der Waals surface area contributed by atoms with Gasteiger partial charge in [0.15, 0.2) is 0 Å². The van der Waals surface area contributed by atoms with Gasteiger partial charge in [0.25, 0.3) is 0 Å². The highest BCUT2D eigenvalue weighted by molar-refractivity contribution is 7.89. The number of halogens is 1. The van der Waals surface area contributed by atoms with Crippen LogP contribution in [0.2, 0.25) is 5.02 Å². The number of hydrogen-bond acceptors (Lipinski definition) is 6. The zero-order valence-corrected chi connectivity index (χ0v) is 16.9. The molecule has 1 aromatic heterocycles. The Labute approximate surface area is 165 Å². The maximum Gasteiger partial charge on any atom is 0.243 e. The minimum atomic E-state index is -3.88. The summed E-state index contributed by atoms with van der Waals surface area (Å²) < 4.78 is 36.4. The Morgan fingerprint density at radius 3 is 2.78 bits per heavy atom. The van der Waals surface area contributed by atoms with Crippen LogP contribution >= 0.6 is 23.1 Å². The van der Waals surface area contributed by atoms with E-state index in [2.05, 4.69) is 9.69 Å². The van der Waals surface area contributed by atoms with Crippen molar-refractivity contribution >= 4 is 54.8 Å². The van der Waals surface area contributed by atoms with E-state index in [-0.39, 0.29) is 16.5 Å². The molecule has 0 radical (unpaired) electrons. The lowest BCUT2D eigenvalue weighted by atomic mass is 10.2. The summed E-state index contributed by atoms with van der Waals surface area (Å²) in [4.78, 5) is 12.2. The zero-order chi connectivity index (χ0) is 19.6. The van der Waals surface area contributed by atoms with E-state index < -0.39 is 15.9 Å². The lowest BCUT2D eigenvalue weighted by molar-refractivity contribution is -0.116. The topological polar surface area (TPSA) is 88.6 Å². The summed E-state index contributed by atoms with van der Waals surface area (Å²) in [5, 5.41) is 3.78. The van der Waals surface area contributed by atoms with E-state index >= 15 is 0 Å². The number of likely N-dealkylation sites (N-methyl/N-ethyl adjacent to an activating group) is 1. The number of nitrogens with one attached hydrogen (secondary N) is 1. The average Bonchev–Trinajstić information content (AvgIpc) is 3.09. The molecular weight excluding hydrogens is 410 g/mol. The van der Waals surface area contributed by atoms with E-state index in [1.807, 2.05) is 6.07 Å². The number of carbonyl (C=O) groups is 1. The van der Waals surface area contributed by atoms with Gasteiger partial charge in [-0.15, -0.1) is 0 Å². The van der Waals surface area contributed by atoms with Crippen molar-refractivity contribution in [3.05, 3.63) is 47.6 Å². The Morgan fingerprint density at radius 1 is 1.30 bits per heavy atom. The Morgan fingerprint density at radius 2 is 2.07 bits per heavy atom. The summed E-state index contributed by atoms with van der Waals surface area (Å²) in [6.07, 6.45) is 1.71. The molecular formula is C17H16ClN3O4S2. The first-order valence-electron chi connectivity index (χ1n) is 7.75. The van der Waals surface area contributed by atoms with Crippen LogP contribution in [0.1, 0.15) is 0 Å². The highest BCUT2D eigenvalue weighted by Gasteiger charge is 2.24. The van der Waals surface area contributed by atoms with Crippen LogP contribution in [0.4, 0.5) is 5.69 Å². The fraction of sp³-hybridized carbons (Fsp3) is 0.176. The molecule has 3 aromatic rings. The summed E-state index contributed by atoms with van der Waals surface area (Å²) in [5.41, 5.74) is 0.575. The molecule has 3 rings (SSSR count). The van der Waals surface area contributed by atoms with Crippen LogP contribution in [0, 0.1) is 0 Å². The van der Waals surface area contributed by atoms with Crippen molar-refractivity contribution in [2.24, 2.45) is 0 Å². The molecule has 0 aliphatic heterocycles. The Kier molecular flexibility index (Phi) is 5.66. The maximum absolute atomic E-state index is 12.7. The van der Waals surface area contributed by atoms with Crippen LogP contribution < -0.4 is 10.1 Å². The number of nitrogens with zero attached hydrogens (tertiary/aromatic N) is 2. The second kappa shape index (κ2) is 7.81. The quantitative estimate of drug-likeness (QED) is 0.655. The van der Waals surface area contributed by atoms with E-state index in [0.29, 0.717) is 11.4 Å². The Bertz CT molecular complexity index is 1100. The molecule has 0 spiro atoms. The summed E-state index contributed by atoms with van der Waals surface area (Å²) in [6, 6.07) is 9.52. The van der Waals surface area contributed by atoms with Crippen molar-refractivity contribution in [3.8, 4) is 5.75 Å². The molecule has 1 amide bonds. The van der Waals surface area contributed by atoms with Crippen LogP contribution in [-0.2, 0) is 14.8 Å². The van der Waals surface area contributed by atoms with Gasteiger partial charge in [-0.1, -0.05) is 11.6 Å². The second-order valence-electron chi connectivity index (χ2n) is 5.68. The van der Waals surface area contributed by atoms with Crippen molar-refractivity contribution in [1.29, 1.82) is 0 Å². The molecule has 0 bridgehead atoms. The van der Waals surface area contributed by atoms with Crippen LogP contribution in [0.5, 0.6) is 5.75 Å². The number of aromatic nitrogens is 1. The number of benzene rings is 2. The molecule has 0 saturated carbocycles. The highest BCUT2D eigenvalue weighted by atomic mass is 35.5. The minimum absolute atomic E-state index is 0.0191. The molecule has 0 atom stereocenters. The molecule has 2 aromatic carbocycles. The van der Waals surface area contributed by atoms with E-state index in [4.69, 9.17) is 16.3 Å². The number of sulfonamides is 1. The standard InChI is InChI=1S/C17H16ClN3O4S2/c1-21(27(23,24)13-4-5-15(25-2)14(18)8-13)10-17(22)20-12-3-6-16-11(7-12)9-19-26-16/h3-9H,10H2,1-2H3,(H,20,22). The molecule has 1 N–H and O–H groups in total. The van der Waals surface area contributed by atoms with Crippen molar-refractivity contribution < 1.29 is 17.9 Å². The number of amides is 1. The first-order valence-corrected chi connectivity index (χ1v) is 10.3. The number of methoxy groups -OCH3 is 1. The van der Waals surface area contributed by atoms with Crippen molar-refractivity contribution in [2.45, 2.75) is 4.90 Å². The molecule has 0 saturated heterocycles. The third-order valence-electron chi connectivity index (χ3n) is 3.83. The number of ether oxygens (including phenoxy) is 1. The fourth-order valence-corrected chi connectivity index (χ4v) is 4.53. The summed E-state index contributed by atoms with van der Waals surface area (Å²) in [5.74, 6) is -0.0856. The van der Waals surface area contributed by atoms with Crippen molar-refractivity contribution in [3.63, 3.8) is 0 Å². The van der Waals surface area contributed by atoms with Gasteiger partial charge >= 0.3 is 0 Å². The second-order valence-corrected chi connectivity index (χ2v) is 8.97. The van der Waals surface area contributed by atoms with Crippen LogP contribution in [0.25, 0.3) is 10.1 Å². The monoisotopic (exact) mass is 425 g/mol. The van der Waals surface area contributed by atoms with E-state index in [1.165, 1.54) is 43.9 Å². The minimum Gasteiger partial charge on any atom is -0.495 e. The number of hydrogen-bond donors (Lipinski definition) is 1. The summed E-state index contributed by atoms with van der Waals surface area (Å²) in [7, 11) is -1.10. The number of anilines is 1. The molecule has 27 heavy (non-hydrogen) atoms. The van der Waals surface area contributed by atoms with Crippen LogP contribution in [0.15, 0.2) is 47.5 Å². The largest absolute Gasteiger partial charge is 0.495 e. The van der Waals surface area contributed by atoms with Gasteiger partial charge in [0.2, 0.25) is 15.9 Å². The Balaban J connectivity index is 1.71. The lowest BCUT2D eigenvalue weighted by Crippen LogP contribution is -2.34. The van der Waals surface area contributed by atoms with E-state index in [0.717, 1.165) is 14.4 Å². The van der Waals surface area contributed by atoms with E-state index in [1.54, 1.807) is 18.3 Å². The Hall–Kier alpha value is -2.20. The maximum atomic E-state index is 12.7. The number of rotatable bonds is 6. The SMILES string of the molecule is COc1ccc(S(=O)(=O)N(C)CC(=O)Nc2ccc3sncc3c2)cc1Cl. The predicted molar refractivity (Wildman–Crippen MR) is 106 cm³/mol. The van der Waals surface area contributed by atoms with Crippen molar-refractivity contribution in [2.75, 3.05) is 26.0 Å². The smallest absolute Gasteiger partial charge is 0.243 e. The molecule has 0 aliphatic carbocycles. The van der Waals surface area contributed by atoms with Crippen molar-refractivity contribution in [1.82, 2.24) is 8.68 Å². The summed E-state index contributed by atoms with van der Waals surface area (Å²) in [6.45, 7) is -0.341. The van der Waals surface area contributed by atoms with Crippen LogP contribution in [0.3, 0.4) is 0 Å². The first kappa shape index (κ1) is 19.6. The van der Waals surface area contributed by atoms with Gasteiger partial charge in [-0.3, -0.25) is 4.79 Å². The molecule has 142 valence electrons. The van der Waals surface area contributed by atoms with Gasteiger partial charge in [-0.25, -0.2) is 8.42 Å². The first-order chi connectivity index (χ1) is 12.8. The fourth-order valence-electron chi connectivity index (χ4n) is 2.43. The van der Waals surface area contributed by atoms with Gasteiger partial charge in [0, 0.05) is 24.3 Å². The molecule has 10 heteroatoms. The average molecular weight is 426 g/mol. The molecule has 0 fully saturated rings. The van der Waals surface area contributed by atoms with Gasteiger partial charge in [-0.05, 0) is 47.9 Å².